The summed E-state index contributed by atoms with van der Waals surface area (Å²) in [6, 6.07) is 4.62. The third kappa shape index (κ3) is 2.72. The first kappa shape index (κ1) is 13.5. The van der Waals surface area contributed by atoms with E-state index < -0.39 is 5.82 Å². The van der Waals surface area contributed by atoms with Crippen LogP contribution in [-0.4, -0.2) is 12.5 Å². The molecule has 2 unspecified atom stereocenters. The van der Waals surface area contributed by atoms with Crippen LogP contribution in [0.1, 0.15) is 19.3 Å². The first-order valence-electron chi connectivity index (χ1n) is 6.08. The fourth-order valence-corrected chi connectivity index (χ4v) is 2.94. The standard InChI is InChI=1S/C13H16BrFN2O/c14-10-5-2-6-11(15)12(10)17-13(18)9-4-1-3-8(9)7-16/h2,5-6,8-9H,1,3-4,7,16H2,(H,17,18). The largest absolute Gasteiger partial charge is 0.330 e. The average Bonchev–Trinajstić information content (AvgIpc) is 2.82. The molecular formula is C13H16BrFN2O. The molecule has 1 aliphatic carbocycles. The zero-order valence-corrected chi connectivity index (χ0v) is 11.5. The molecule has 0 aliphatic heterocycles. The molecule has 1 saturated carbocycles. The van der Waals surface area contributed by atoms with Gasteiger partial charge in [0.2, 0.25) is 5.91 Å². The summed E-state index contributed by atoms with van der Waals surface area (Å²) in [5, 5.41) is 2.67. The van der Waals surface area contributed by atoms with Crippen molar-refractivity contribution < 1.29 is 9.18 Å². The summed E-state index contributed by atoms with van der Waals surface area (Å²) in [6.07, 6.45) is 2.82. The second-order valence-electron chi connectivity index (χ2n) is 4.62. The van der Waals surface area contributed by atoms with Crippen LogP contribution in [0.5, 0.6) is 0 Å². The number of amides is 1. The number of para-hydroxylation sites is 1. The Balaban J connectivity index is 2.12. The number of hydrogen-bond acceptors (Lipinski definition) is 2. The van der Waals surface area contributed by atoms with Crippen molar-refractivity contribution in [3.8, 4) is 0 Å². The molecule has 3 nitrogen and oxygen atoms in total. The summed E-state index contributed by atoms with van der Waals surface area (Å²) >= 11 is 3.24. The number of nitrogens with one attached hydrogen (secondary N) is 1. The van der Waals surface area contributed by atoms with E-state index in [9.17, 15) is 9.18 Å². The van der Waals surface area contributed by atoms with Gasteiger partial charge in [-0.15, -0.1) is 0 Å². The van der Waals surface area contributed by atoms with Gasteiger partial charge in [-0.1, -0.05) is 12.5 Å². The summed E-state index contributed by atoms with van der Waals surface area (Å²) in [5.74, 6) is -0.439. The van der Waals surface area contributed by atoms with Gasteiger partial charge >= 0.3 is 0 Å². The number of rotatable bonds is 3. The number of benzene rings is 1. The van der Waals surface area contributed by atoms with Crippen LogP contribution in [0.2, 0.25) is 0 Å². The van der Waals surface area contributed by atoms with E-state index in [1.807, 2.05) is 0 Å². The van der Waals surface area contributed by atoms with Gasteiger partial charge in [0.25, 0.3) is 0 Å². The van der Waals surface area contributed by atoms with E-state index in [2.05, 4.69) is 21.2 Å². The van der Waals surface area contributed by atoms with Gasteiger partial charge in [0.15, 0.2) is 0 Å². The Kier molecular flexibility index (Phi) is 4.35. The number of carbonyl (C=O) groups excluding carboxylic acids is 1. The average molecular weight is 315 g/mol. The second kappa shape index (κ2) is 5.80. The van der Waals surface area contributed by atoms with Crippen LogP contribution in [0, 0.1) is 17.7 Å². The zero-order valence-electron chi connectivity index (χ0n) is 9.96. The minimum absolute atomic E-state index is 0.0958. The molecule has 2 atom stereocenters. The highest BCUT2D eigenvalue weighted by Crippen LogP contribution is 2.33. The number of carbonyl (C=O) groups is 1. The molecule has 5 heteroatoms. The van der Waals surface area contributed by atoms with Gasteiger partial charge in [0, 0.05) is 10.4 Å². The fraction of sp³-hybridized carbons (Fsp3) is 0.462. The van der Waals surface area contributed by atoms with Crippen LogP contribution in [0.4, 0.5) is 10.1 Å². The zero-order chi connectivity index (χ0) is 13.1. The topological polar surface area (TPSA) is 55.1 Å². The van der Waals surface area contributed by atoms with Crippen molar-refractivity contribution in [1.29, 1.82) is 0 Å². The Labute approximate surface area is 114 Å². The Morgan fingerprint density at radius 1 is 1.50 bits per heavy atom. The quantitative estimate of drug-likeness (QED) is 0.901. The number of nitrogens with two attached hydrogens (primary N) is 1. The lowest BCUT2D eigenvalue weighted by Gasteiger charge is -2.18. The van der Waals surface area contributed by atoms with E-state index in [-0.39, 0.29) is 23.4 Å². The molecule has 1 aliphatic rings. The van der Waals surface area contributed by atoms with E-state index in [1.165, 1.54) is 6.07 Å². The van der Waals surface area contributed by atoms with Crippen LogP contribution in [0.15, 0.2) is 22.7 Å². The van der Waals surface area contributed by atoms with Gasteiger partial charge in [-0.05, 0) is 53.4 Å². The molecule has 0 spiro atoms. The van der Waals surface area contributed by atoms with Crippen molar-refractivity contribution in [3.05, 3.63) is 28.5 Å². The van der Waals surface area contributed by atoms with Crippen molar-refractivity contribution in [1.82, 2.24) is 0 Å². The summed E-state index contributed by atoms with van der Waals surface area (Å²) < 4.78 is 14.2. The van der Waals surface area contributed by atoms with Crippen molar-refractivity contribution in [2.45, 2.75) is 19.3 Å². The Bertz CT molecular complexity index is 432. The molecular weight excluding hydrogens is 299 g/mol. The van der Waals surface area contributed by atoms with E-state index in [1.54, 1.807) is 12.1 Å². The van der Waals surface area contributed by atoms with Crippen LogP contribution < -0.4 is 11.1 Å². The Hall–Kier alpha value is -0.940. The predicted octanol–water partition coefficient (Wildman–Crippen LogP) is 2.90. The van der Waals surface area contributed by atoms with E-state index in [0.717, 1.165) is 19.3 Å². The highest BCUT2D eigenvalue weighted by atomic mass is 79.9. The van der Waals surface area contributed by atoms with E-state index in [0.29, 0.717) is 11.0 Å². The van der Waals surface area contributed by atoms with Gasteiger partial charge in [-0.3, -0.25) is 4.79 Å². The molecule has 0 bridgehead atoms. The maximum atomic E-state index is 13.6. The Morgan fingerprint density at radius 3 is 2.94 bits per heavy atom. The van der Waals surface area contributed by atoms with Crippen LogP contribution in [-0.2, 0) is 4.79 Å². The summed E-state index contributed by atoms with van der Waals surface area (Å²) in [6.45, 7) is 0.510. The number of anilines is 1. The normalized spacial score (nSPS) is 23.1. The van der Waals surface area contributed by atoms with E-state index in [4.69, 9.17) is 5.73 Å². The van der Waals surface area contributed by atoms with Crippen molar-refractivity contribution >= 4 is 27.5 Å². The summed E-state index contributed by atoms with van der Waals surface area (Å²) in [4.78, 5) is 12.1. The SMILES string of the molecule is NCC1CCCC1C(=O)Nc1c(F)cccc1Br. The molecule has 1 fully saturated rings. The third-order valence-corrected chi connectivity index (χ3v) is 4.17. The highest BCUT2D eigenvalue weighted by Gasteiger charge is 2.32. The van der Waals surface area contributed by atoms with Crippen LogP contribution in [0.25, 0.3) is 0 Å². The molecule has 2 rings (SSSR count). The Morgan fingerprint density at radius 2 is 2.28 bits per heavy atom. The lowest BCUT2D eigenvalue weighted by molar-refractivity contribution is -0.120. The maximum Gasteiger partial charge on any atom is 0.227 e. The van der Waals surface area contributed by atoms with Crippen LogP contribution in [0.3, 0.4) is 0 Å². The molecule has 18 heavy (non-hydrogen) atoms. The van der Waals surface area contributed by atoms with Crippen molar-refractivity contribution in [2.75, 3.05) is 11.9 Å². The molecule has 1 amide bonds. The van der Waals surface area contributed by atoms with Gasteiger partial charge in [0.05, 0.1) is 5.69 Å². The van der Waals surface area contributed by atoms with Gasteiger partial charge in [-0.2, -0.15) is 0 Å². The van der Waals surface area contributed by atoms with Crippen molar-refractivity contribution in [2.24, 2.45) is 17.6 Å². The van der Waals surface area contributed by atoms with Crippen LogP contribution >= 0.6 is 15.9 Å². The van der Waals surface area contributed by atoms with Gasteiger partial charge in [0.1, 0.15) is 5.82 Å². The predicted molar refractivity (Wildman–Crippen MR) is 72.6 cm³/mol. The molecule has 1 aromatic rings. The fourth-order valence-electron chi connectivity index (χ4n) is 2.50. The molecule has 0 radical (unpaired) electrons. The van der Waals surface area contributed by atoms with Gasteiger partial charge in [-0.25, -0.2) is 4.39 Å². The highest BCUT2D eigenvalue weighted by molar-refractivity contribution is 9.10. The monoisotopic (exact) mass is 314 g/mol. The molecule has 0 aromatic heterocycles. The van der Waals surface area contributed by atoms with Crippen molar-refractivity contribution in [3.63, 3.8) is 0 Å². The summed E-state index contributed by atoms with van der Waals surface area (Å²) in [7, 11) is 0. The molecule has 98 valence electrons. The van der Waals surface area contributed by atoms with Gasteiger partial charge < -0.3 is 11.1 Å². The first-order chi connectivity index (χ1) is 8.63. The minimum Gasteiger partial charge on any atom is -0.330 e. The first-order valence-corrected chi connectivity index (χ1v) is 6.87. The third-order valence-electron chi connectivity index (χ3n) is 3.51. The molecule has 3 N–H and O–H groups in total. The van der Waals surface area contributed by atoms with E-state index >= 15 is 0 Å². The minimum atomic E-state index is -0.431. The number of hydrogen-bond donors (Lipinski definition) is 2. The summed E-state index contributed by atoms with van der Waals surface area (Å²) in [5.41, 5.74) is 5.86. The molecule has 0 heterocycles. The molecule has 0 saturated heterocycles. The molecule has 1 aromatic carbocycles. The lowest BCUT2D eigenvalue weighted by Crippen LogP contribution is -2.30. The second-order valence-corrected chi connectivity index (χ2v) is 5.47. The maximum absolute atomic E-state index is 13.6. The lowest BCUT2D eigenvalue weighted by atomic mass is 9.95. The number of halogens is 2. The smallest absolute Gasteiger partial charge is 0.227 e.